The molecule has 2 aliphatic rings. The van der Waals surface area contributed by atoms with Gasteiger partial charge in [0.2, 0.25) is 11.8 Å². The van der Waals surface area contributed by atoms with Crippen molar-refractivity contribution >= 4 is 29.1 Å². The molecule has 0 aromatic heterocycles. The zero-order chi connectivity index (χ0) is 20.1. The van der Waals surface area contributed by atoms with Crippen molar-refractivity contribution in [2.24, 2.45) is 11.3 Å². The second kappa shape index (κ2) is 6.64. The molecule has 3 atom stereocenters. The molecule has 1 aliphatic heterocycles. The van der Waals surface area contributed by atoms with E-state index in [1.807, 2.05) is 19.1 Å². The van der Waals surface area contributed by atoms with E-state index in [0.29, 0.717) is 22.7 Å². The molecule has 4 rings (SSSR count). The van der Waals surface area contributed by atoms with Gasteiger partial charge in [-0.15, -0.1) is 0 Å². The number of hydrogen-bond donors (Lipinski definition) is 1. The number of benzene rings is 2. The number of allylic oxidation sites excluding steroid dienone is 3. The SMILES string of the molecule is C=CC1=CC[C@H]2C(=O)N(c3ccccc3)C(=O)[C@@]2(C)[C@H]1c1cc(Cl)ccc1O. The molecule has 0 unspecified atom stereocenters. The van der Waals surface area contributed by atoms with E-state index in [-0.39, 0.29) is 17.6 Å². The Morgan fingerprint density at radius 1 is 1.21 bits per heavy atom. The fraction of sp³-hybridized carbons (Fsp3) is 0.217. The largest absolute Gasteiger partial charge is 0.508 e. The van der Waals surface area contributed by atoms with Gasteiger partial charge in [-0.1, -0.05) is 48.5 Å². The molecule has 0 bridgehead atoms. The predicted octanol–water partition coefficient (Wildman–Crippen LogP) is 4.84. The maximum absolute atomic E-state index is 13.6. The number of rotatable bonds is 3. The second-order valence-corrected chi connectivity index (χ2v) is 7.87. The van der Waals surface area contributed by atoms with E-state index in [4.69, 9.17) is 11.6 Å². The zero-order valence-electron chi connectivity index (χ0n) is 15.4. The zero-order valence-corrected chi connectivity index (χ0v) is 16.2. The van der Waals surface area contributed by atoms with Gasteiger partial charge in [0, 0.05) is 16.5 Å². The second-order valence-electron chi connectivity index (χ2n) is 7.43. The molecule has 0 saturated carbocycles. The number of imide groups is 1. The molecule has 142 valence electrons. The lowest BCUT2D eigenvalue weighted by Gasteiger charge is -2.40. The van der Waals surface area contributed by atoms with Crippen LogP contribution in [0.1, 0.15) is 24.8 Å². The van der Waals surface area contributed by atoms with Crippen LogP contribution >= 0.6 is 11.6 Å². The van der Waals surface area contributed by atoms with Gasteiger partial charge >= 0.3 is 0 Å². The first-order chi connectivity index (χ1) is 13.4. The highest BCUT2D eigenvalue weighted by atomic mass is 35.5. The highest BCUT2D eigenvalue weighted by Crippen LogP contribution is 2.58. The normalized spacial score (nSPS) is 26.8. The van der Waals surface area contributed by atoms with Crippen molar-refractivity contribution in [1.82, 2.24) is 0 Å². The van der Waals surface area contributed by atoms with Gasteiger partial charge in [-0.25, -0.2) is 4.90 Å². The summed E-state index contributed by atoms with van der Waals surface area (Å²) in [6, 6.07) is 13.7. The van der Waals surface area contributed by atoms with Gasteiger partial charge in [-0.05, 0) is 49.2 Å². The van der Waals surface area contributed by atoms with E-state index < -0.39 is 17.3 Å². The molecule has 2 aromatic rings. The number of carbonyl (C=O) groups excluding carboxylic acids is 2. The molecule has 1 aliphatic carbocycles. The monoisotopic (exact) mass is 393 g/mol. The third-order valence-electron chi connectivity index (χ3n) is 5.98. The van der Waals surface area contributed by atoms with Crippen molar-refractivity contribution in [3.8, 4) is 5.75 Å². The highest BCUT2D eigenvalue weighted by Gasteiger charge is 2.62. The number of fused-ring (bicyclic) bond motifs is 1. The summed E-state index contributed by atoms with van der Waals surface area (Å²) in [4.78, 5) is 28.2. The molecule has 2 aromatic carbocycles. The number of nitrogens with zero attached hydrogens (tertiary/aromatic N) is 1. The van der Waals surface area contributed by atoms with Crippen molar-refractivity contribution in [1.29, 1.82) is 0 Å². The Hall–Kier alpha value is -2.85. The molecular weight excluding hydrogens is 374 g/mol. The van der Waals surface area contributed by atoms with Crippen LogP contribution in [-0.4, -0.2) is 16.9 Å². The van der Waals surface area contributed by atoms with Crippen LogP contribution < -0.4 is 4.90 Å². The summed E-state index contributed by atoms with van der Waals surface area (Å²) in [5.41, 5.74) is 0.851. The van der Waals surface area contributed by atoms with Gasteiger partial charge in [0.05, 0.1) is 17.0 Å². The van der Waals surface area contributed by atoms with Crippen molar-refractivity contribution in [2.75, 3.05) is 4.90 Å². The number of carbonyl (C=O) groups is 2. The minimum absolute atomic E-state index is 0.0439. The van der Waals surface area contributed by atoms with Gasteiger partial charge < -0.3 is 5.11 Å². The van der Waals surface area contributed by atoms with Gasteiger partial charge in [-0.2, -0.15) is 0 Å². The molecule has 1 heterocycles. The Bertz CT molecular complexity index is 1010. The van der Waals surface area contributed by atoms with Crippen LogP contribution in [0.2, 0.25) is 5.02 Å². The first kappa shape index (κ1) is 18.5. The Kier molecular flexibility index (Phi) is 4.39. The molecule has 28 heavy (non-hydrogen) atoms. The Labute approximate surface area is 168 Å². The fourth-order valence-electron chi connectivity index (χ4n) is 4.57. The number of hydrogen-bond acceptors (Lipinski definition) is 3. The number of aromatic hydroxyl groups is 1. The average molecular weight is 394 g/mol. The van der Waals surface area contributed by atoms with Crippen molar-refractivity contribution < 1.29 is 14.7 Å². The molecule has 0 radical (unpaired) electrons. The average Bonchev–Trinajstić information content (AvgIpc) is 2.89. The number of anilines is 1. The molecule has 1 fully saturated rings. The van der Waals surface area contributed by atoms with Crippen LogP contribution in [0.5, 0.6) is 5.75 Å². The molecule has 5 heteroatoms. The van der Waals surface area contributed by atoms with Gasteiger partial charge in [-0.3, -0.25) is 9.59 Å². The summed E-state index contributed by atoms with van der Waals surface area (Å²) in [6.45, 7) is 5.69. The van der Waals surface area contributed by atoms with E-state index in [0.717, 1.165) is 5.57 Å². The Morgan fingerprint density at radius 3 is 2.61 bits per heavy atom. The minimum atomic E-state index is -1.05. The predicted molar refractivity (Wildman–Crippen MR) is 109 cm³/mol. The fourth-order valence-corrected chi connectivity index (χ4v) is 4.75. The Balaban J connectivity index is 1.91. The standard InChI is InChI=1S/C23H20ClNO3/c1-3-14-9-11-18-21(27)25(16-7-5-4-6-8-16)22(28)23(18,2)20(14)17-13-15(24)10-12-19(17)26/h3-10,12-13,18,20,26H,1,11H2,2H3/t18-,20+,23+/m0/s1. The van der Waals surface area contributed by atoms with Crippen LogP contribution in [0.3, 0.4) is 0 Å². The van der Waals surface area contributed by atoms with Gasteiger partial charge in [0.1, 0.15) is 5.75 Å². The Morgan fingerprint density at radius 2 is 1.93 bits per heavy atom. The first-order valence-corrected chi connectivity index (χ1v) is 9.51. The van der Waals surface area contributed by atoms with Crippen molar-refractivity contribution in [3.63, 3.8) is 0 Å². The van der Waals surface area contributed by atoms with Crippen molar-refractivity contribution in [3.05, 3.63) is 83.4 Å². The molecule has 1 N–H and O–H groups in total. The number of halogens is 1. The maximum atomic E-state index is 13.6. The van der Waals surface area contributed by atoms with Crippen LogP contribution in [-0.2, 0) is 9.59 Å². The van der Waals surface area contributed by atoms with E-state index >= 15 is 0 Å². The summed E-state index contributed by atoms with van der Waals surface area (Å²) in [6.07, 6.45) is 4.07. The lowest BCUT2D eigenvalue weighted by molar-refractivity contribution is -0.127. The van der Waals surface area contributed by atoms with E-state index in [1.165, 1.54) is 11.0 Å². The van der Waals surface area contributed by atoms with Crippen LogP contribution in [0.25, 0.3) is 0 Å². The van der Waals surface area contributed by atoms with E-state index in [9.17, 15) is 14.7 Å². The smallest absolute Gasteiger partial charge is 0.241 e. The number of phenols is 1. The van der Waals surface area contributed by atoms with Crippen LogP contribution in [0.4, 0.5) is 5.69 Å². The number of para-hydroxylation sites is 1. The van der Waals surface area contributed by atoms with Gasteiger partial charge in [0.15, 0.2) is 0 Å². The minimum Gasteiger partial charge on any atom is -0.508 e. The summed E-state index contributed by atoms with van der Waals surface area (Å²) in [5.74, 6) is -1.49. The first-order valence-electron chi connectivity index (χ1n) is 9.14. The summed E-state index contributed by atoms with van der Waals surface area (Å²) >= 11 is 6.19. The lowest BCUT2D eigenvalue weighted by atomic mass is 9.60. The van der Waals surface area contributed by atoms with Crippen LogP contribution in [0.15, 0.2) is 72.8 Å². The molecule has 2 amide bonds. The third kappa shape index (κ3) is 2.52. The lowest BCUT2D eigenvalue weighted by Crippen LogP contribution is -2.41. The van der Waals surface area contributed by atoms with E-state index in [1.54, 1.807) is 42.5 Å². The third-order valence-corrected chi connectivity index (χ3v) is 6.21. The molecular formula is C23H20ClNO3. The highest BCUT2D eigenvalue weighted by molar-refractivity contribution is 6.30. The molecule has 1 saturated heterocycles. The topological polar surface area (TPSA) is 57.6 Å². The maximum Gasteiger partial charge on any atom is 0.241 e. The quantitative estimate of drug-likeness (QED) is 0.759. The molecule has 4 nitrogen and oxygen atoms in total. The van der Waals surface area contributed by atoms with E-state index in [2.05, 4.69) is 6.58 Å². The molecule has 0 spiro atoms. The summed E-state index contributed by atoms with van der Waals surface area (Å²) < 4.78 is 0. The summed E-state index contributed by atoms with van der Waals surface area (Å²) in [7, 11) is 0. The van der Waals surface area contributed by atoms with Crippen LogP contribution in [0, 0.1) is 11.3 Å². The number of phenolic OH excluding ortho intramolecular Hbond substituents is 1. The summed E-state index contributed by atoms with van der Waals surface area (Å²) in [5, 5.41) is 11.0. The van der Waals surface area contributed by atoms with Gasteiger partial charge in [0.25, 0.3) is 0 Å². The van der Waals surface area contributed by atoms with Crippen molar-refractivity contribution in [2.45, 2.75) is 19.3 Å². The number of amides is 2.